The highest BCUT2D eigenvalue weighted by Gasteiger charge is 2.44. The standard InChI is InChI=1S/C23H25F3N2O2/c1-3-28(4-2)21(29)13-15-5-11-18(12-6-15)27-22(30)20-14-19(20)16-7-9-17(10-8-16)23(24,25)26/h5-12,19-20H,3-4,13-14H2,1-2H3,(H,27,30). The van der Waals surface area contributed by atoms with E-state index in [1.165, 1.54) is 12.1 Å². The summed E-state index contributed by atoms with van der Waals surface area (Å²) in [5, 5.41) is 2.85. The van der Waals surface area contributed by atoms with Crippen LogP contribution in [0.2, 0.25) is 0 Å². The minimum atomic E-state index is -4.36. The molecule has 1 fully saturated rings. The Morgan fingerprint density at radius 2 is 1.60 bits per heavy atom. The van der Waals surface area contributed by atoms with Gasteiger partial charge in [-0.25, -0.2) is 0 Å². The Hall–Kier alpha value is -2.83. The van der Waals surface area contributed by atoms with Crippen molar-refractivity contribution in [1.29, 1.82) is 0 Å². The zero-order chi connectivity index (χ0) is 21.9. The lowest BCUT2D eigenvalue weighted by Gasteiger charge is -2.18. The van der Waals surface area contributed by atoms with Crippen LogP contribution in [-0.4, -0.2) is 29.8 Å². The van der Waals surface area contributed by atoms with Crippen LogP contribution in [-0.2, 0) is 22.2 Å². The molecule has 30 heavy (non-hydrogen) atoms. The van der Waals surface area contributed by atoms with Gasteiger partial charge in [-0.2, -0.15) is 13.2 Å². The summed E-state index contributed by atoms with van der Waals surface area (Å²) in [5.74, 6) is -0.384. The number of hydrogen-bond donors (Lipinski definition) is 1. The van der Waals surface area contributed by atoms with Crippen molar-refractivity contribution in [2.75, 3.05) is 18.4 Å². The molecular formula is C23H25F3N2O2. The molecule has 2 aromatic rings. The van der Waals surface area contributed by atoms with Gasteiger partial charge in [0.15, 0.2) is 0 Å². The Bertz CT molecular complexity index is 888. The summed E-state index contributed by atoms with van der Waals surface area (Å²) in [6, 6.07) is 12.2. The van der Waals surface area contributed by atoms with E-state index in [4.69, 9.17) is 0 Å². The van der Waals surface area contributed by atoms with E-state index in [-0.39, 0.29) is 23.7 Å². The second kappa shape index (κ2) is 8.90. The molecule has 0 radical (unpaired) electrons. The van der Waals surface area contributed by atoms with E-state index < -0.39 is 11.7 Å². The van der Waals surface area contributed by atoms with Gasteiger partial charge in [-0.1, -0.05) is 24.3 Å². The third kappa shape index (κ3) is 5.20. The minimum Gasteiger partial charge on any atom is -0.343 e. The lowest BCUT2D eigenvalue weighted by atomic mass is 10.1. The Morgan fingerprint density at radius 1 is 1.00 bits per heavy atom. The summed E-state index contributed by atoms with van der Waals surface area (Å²) in [6.45, 7) is 5.22. The van der Waals surface area contributed by atoms with Gasteiger partial charge in [0.05, 0.1) is 12.0 Å². The first-order valence-electron chi connectivity index (χ1n) is 10.1. The van der Waals surface area contributed by atoms with E-state index in [2.05, 4.69) is 5.32 Å². The molecular weight excluding hydrogens is 393 g/mol. The number of amides is 2. The van der Waals surface area contributed by atoms with Gasteiger partial charge in [0.1, 0.15) is 0 Å². The first-order valence-corrected chi connectivity index (χ1v) is 10.1. The van der Waals surface area contributed by atoms with E-state index in [1.54, 1.807) is 17.0 Å². The molecule has 2 unspecified atom stereocenters. The lowest BCUT2D eigenvalue weighted by molar-refractivity contribution is -0.137. The largest absolute Gasteiger partial charge is 0.416 e. The number of likely N-dealkylation sites (N-methyl/N-ethyl adjacent to an activating group) is 1. The van der Waals surface area contributed by atoms with Crippen molar-refractivity contribution in [3.63, 3.8) is 0 Å². The number of halogens is 3. The Labute approximate surface area is 174 Å². The van der Waals surface area contributed by atoms with Crippen molar-refractivity contribution in [3.05, 3.63) is 65.2 Å². The molecule has 2 aromatic carbocycles. The van der Waals surface area contributed by atoms with Gasteiger partial charge in [-0.15, -0.1) is 0 Å². The number of rotatable bonds is 7. The number of carbonyl (C=O) groups excluding carboxylic acids is 2. The van der Waals surface area contributed by atoms with E-state index in [0.29, 0.717) is 31.6 Å². The van der Waals surface area contributed by atoms with Crippen LogP contribution in [0.4, 0.5) is 18.9 Å². The smallest absolute Gasteiger partial charge is 0.343 e. The third-order valence-electron chi connectivity index (χ3n) is 5.49. The van der Waals surface area contributed by atoms with Crippen molar-refractivity contribution in [2.24, 2.45) is 5.92 Å². The molecule has 2 atom stereocenters. The maximum absolute atomic E-state index is 12.7. The summed E-state index contributed by atoms with van der Waals surface area (Å²) >= 11 is 0. The number of alkyl halides is 3. The summed E-state index contributed by atoms with van der Waals surface area (Å²) in [7, 11) is 0. The van der Waals surface area contributed by atoms with Crippen molar-refractivity contribution >= 4 is 17.5 Å². The number of anilines is 1. The number of nitrogens with one attached hydrogen (secondary N) is 1. The van der Waals surface area contributed by atoms with Crippen molar-refractivity contribution in [2.45, 2.75) is 38.8 Å². The Balaban J connectivity index is 1.54. The summed E-state index contributed by atoms with van der Waals surface area (Å²) < 4.78 is 38.0. The second-order valence-corrected chi connectivity index (χ2v) is 7.50. The van der Waals surface area contributed by atoms with Crippen LogP contribution in [0.5, 0.6) is 0 Å². The highest BCUT2D eigenvalue weighted by molar-refractivity contribution is 5.95. The van der Waals surface area contributed by atoms with Gasteiger partial charge in [0.2, 0.25) is 11.8 Å². The minimum absolute atomic E-state index is 0.0572. The quantitative estimate of drug-likeness (QED) is 0.698. The molecule has 0 aliphatic heterocycles. The molecule has 0 spiro atoms. The predicted molar refractivity (Wildman–Crippen MR) is 109 cm³/mol. The first kappa shape index (κ1) is 21.9. The zero-order valence-electron chi connectivity index (χ0n) is 17.0. The molecule has 3 rings (SSSR count). The van der Waals surface area contributed by atoms with Crippen molar-refractivity contribution in [3.8, 4) is 0 Å². The molecule has 0 aromatic heterocycles. The second-order valence-electron chi connectivity index (χ2n) is 7.50. The van der Waals surface area contributed by atoms with E-state index >= 15 is 0 Å². The van der Waals surface area contributed by atoms with E-state index in [9.17, 15) is 22.8 Å². The monoisotopic (exact) mass is 418 g/mol. The predicted octanol–water partition coefficient (Wildman–Crippen LogP) is 4.86. The molecule has 1 saturated carbocycles. The molecule has 1 aliphatic rings. The fourth-order valence-corrected chi connectivity index (χ4v) is 3.58. The van der Waals surface area contributed by atoms with Gasteiger partial charge in [0.25, 0.3) is 0 Å². The van der Waals surface area contributed by atoms with Crippen LogP contribution < -0.4 is 5.32 Å². The van der Waals surface area contributed by atoms with Gasteiger partial charge >= 0.3 is 6.18 Å². The fourth-order valence-electron chi connectivity index (χ4n) is 3.58. The Kier molecular flexibility index (Phi) is 6.48. The van der Waals surface area contributed by atoms with Gasteiger partial charge < -0.3 is 10.2 Å². The van der Waals surface area contributed by atoms with Gasteiger partial charge in [-0.05, 0) is 61.6 Å². The average molecular weight is 418 g/mol. The highest BCUT2D eigenvalue weighted by Crippen LogP contribution is 2.48. The van der Waals surface area contributed by atoms with Crippen LogP contribution in [0.1, 0.15) is 42.9 Å². The van der Waals surface area contributed by atoms with Gasteiger partial charge in [0, 0.05) is 24.7 Å². The van der Waals surface area contributed by atoms with E-state index in [1.807, 2.05) is 26.0 Å². The Morgan fingerprint density at radius 3 is 2.13 bits per heavy atom. The average Bonchev–Trinajstić information content (AvgIpc) is 3.51. The van der Waals surface area contributed by atoms with Gasteiger partial charge in [-0.3, -0.25) is 9.59 Å². The molecule has 1 N–H and O–H groups in total. The fraction of sp³-hybridized carbons (Fsp3) is 0.391. The normalized spacial score (nSPS) is 18.0. The van der Waals surface area contributed by atoms with Crippen LogP contribution in [0.3, 0.4) is 0 Å². The molecule has 1 aliphatic carbocycles. The van der Waals surface area contributed by atoms with Crippen LogP contribution >= 0.6 is 0 Å². The summed E-state index contributed by atoms with van der Waals surface area (Å²) in [6.07, 6.45) is -3.43. The molecule has 2 amide bonds. The molecule has 4 nitrogen and oxygen atoms in total. The van der Waals surface area contributed by atoms with Crippen LogP contribution in [0.25, 0.3) is 0 Å². The zero-order valence-corrected chi connectivity index (χ0v) is 17.0. The first-order chi connectivity index (χ1) is 14.2. The molecule has 160 valence electrons. The third-order valence-corrected chi connectivity index (χ3v) is 5.49. The van der Waals surface area contributed by atoms with Crippen molar-refractivity contribution in [1.82, 2.24) is 4.90 Å². The topological polar surface area (TPSA) is 49.4 Å². The molecule has 0 saturated heterocycles. The van der Waals surface area contributed by atoms with Crippen LogP contribution in [0.15, 0.2) is 48.5 Å². The summed E-state index contributed by atoms with van der Waals surface area (Å²) in [5.41, 5.74) is 1.57. The maximum atomic E-state index is 12.7. The highest BCUT2D eigenvalue weighted by atomic mass is 19.4. The van der Waals surface area contributed by atoms with Crippen LogP contribution in [0, 0.1) is 5.92 Å². The molecule has 7 heteroatoms. The van der Waals surface area contributed by atoms with Crippen molar-refractivity contribution < 1.29 is 22.8 Å². The van der Waals surface area contributed by atoms with E-state index in [0.717, 1.165) is 23.3 Å². The number of benzene rings is 2. The molecule has 0 bridgehead atoms. The number of nitrogens with zero attached hydrogens (tertiary/aromatic N) is 1. The molecule has 0 heterocycles. The number of carbonyl (C=O) groups is 2. The lowest BCUT2D eigenvalue weighted by Crippen LogP contribution is -2.31. The number of hydrogen-bond acceptors (Lipinski definition) is 2. The SMILES string of the molecule is CCN(CC)C(=O)Cc1ccc(NC(=O)C2CC2c2ccc(C(F)(F)F)cc2)cc1. The maximum Gasteiger partial charge on any atom is 0.416 e. The summed E-state index contributed by atoms with van der Waals surface area (Å²) in [4.78, 5) is 26.4.